The van der Waals surface area contributed by atoms with Crippen molar-refractivity contribution in [3.8, 4) is 22.6 Å². The van der Waals surface area contributed by atoms with E-state index in [0.29, 0.717) is 20.9 Å². The Morgan fingerprint density at radius 1 is 1.26 bits per heavy atom. The van der Waals surface area contributed by atoms with Crippen molar-refractivity contribution in [1.29, 1.82) is 0 Å². The zero-order valence-corrected chi connectivity index (χ0v) is 14.8. The van der Waals surface area contributed by atoms with Crippen molar-refractivity contribution >= 4 is 27.5 Å². The van der Waals surface area contributed by atoms with Crippen LogP contribution in [0.4, 0.5) is 0 Å². The van der Waals surface area contributed by atoms with Gasteiger partial charge in [0.15, 0.2) is 5.75 Å². The standard InChI is InChI=1S/C16H13BrClN3O2/c1-9-7-11(14(22)15(17)19-9)10-3-4-13(12(18)8-10)21-6-5-20(2)16(21)23/h3-8,22H,1-2H3. The third-order valence-corrected chi connectivity index (χ3v) is 4.40. The molecule has 0 saturated carbocycles. The molecule has 3 rings (SSSR count). The van der Waals surface area contributed by atoms with Gasteiger partial charge >= 0.3 is 5.69 Å². The Bertz CT molecular complexity index is 962. The highest BCUT2D eigenvalue weighted by Crippen LogP contribution is 2.36. The number of aryl methyl sites for hydroxylation is 2. The van der Waals surface area contributed by atoms with Crippen LogP contribution in [0.1, 0.15) is 5.69 Å². The Hall–Kier alpha value is -2.05. The summed E-state index contributed by atoms with van der Waals surface area (Å²) in [6.45, 7) is 1.84. The Labute approximate surface area is 145 Å². The first-order valence-electron chi connectivity index (χ1n) is 6.79. The van der Waals surface area contributed by atoms with Crippen LogP contribution in [0, 0.1) is 6.92 Å². The molecule has 0 atom stereocenters. The molecule has 0 aliphatic carbocycles. The maximum Gasteiger partial charge on any atom is 0.332 e. The van der Waals surface area contributed by atoms with Crippen molar-refractivity contribution in [2.24, 2.45) is 7.05 Å². The van der Waals surface area contributed by atoms with E-state index in [-0.39, 0.29) is 11.4 Å². The highest BCUT2D eigenvalue weighted by atomic mass is 79.9. The maximum absolute atomic E-state index is 12.0. The Morgan fingerprint density at radius 3 is 2.61 bits per heavy atom. The average Bonchev–Trinajstić information content (AvgIpc) is 2.83. The summed E-state index contributed by atoms with van der Waals surface area (Å²) in [6.07, 6.45) is 3.33. The van der Waals surface area contributed by atoms with E-state index in [9.17, 15) is 9.90 Å². The summed E-state index contributed by atoms with van der Waals surface area (Å²) >= 11 is 9.58. The topological polar surface area (TPSA) is 60.0 Å². The fraction of sp³-hybridized carbons (Fsp3) is 0.125. The number of rotatable bonds is 2. The van der Waals surface area contributed by atoms with Crippen molar-refractivity contribution in [2.75, 3.05) is 0 Å². The predicted octanol–water partition coefficient (Wildman–Crippen LogP) is 3.67. The molecule has 5 nitrogen and oxygen atoms in total. The van der Waals surface area contributed by atoms with Crippen LogP contribution < -0.4 is 5.69 Å². The monoisotopic (exact) mass is 393 g/mol. The zero-order chi connectivity index (χ0) is 16.7. The summed E-state index contributed by atoms with van der Waals surface area (Å²) < 4.78 is 3.33. The summed E-state index contributed by atoms with van der Waals surface area (Å²) in [6, 6.07) is 7.06. The molecule has 2 aromatic heterocycles. The van der Waals surface area contributed by atoms with Gasteiger partial charge in [-0.25, -0.2) is 9.78 Å². The van der Waals surface area contributed by atoms with Gasteiger partial charge in [0.25, 0.3) is 0 Å². The van der Waals surface area contributed by atoms with Gasteiger partial charge in [0.05, 0.1) is 10.7 Å². The minimum absolute atomic E-state index is 0.0521. The normalized spacial score (nSPS) is 11.0. The van der Waals surface area contributed by atoms with E-state index in [1.165, 1.54) is 9.13 Å². The summed E-state index contributed by atoms with van der Waals surface area (Å²) in [5.74, 6) is 0.0521. The highest BCUT2D eigenvalue weighted by Gasteiger charge is 2.13. The predicted molar refractivity (Wildman–Crippen MR) is 93.4 cm³/mol. The molecule has 2 heterocycles. The van der Waals surface area contributed by atoms with E-state index < -0.39 is 0 Å². The smallest absolute Gasteiger partial charge is 0.332 e. The number of pyridine rings is 1. The largest absolute Gasteiger partial charge is 0.505 e. The Kier molecular flexibility index (Phi) is 4.04. The molecule has 0 unspecified atom stereocenters. The molecule has 0 bridgehead atoms. The number of hydrogen-bond acceptors (Lipinski definition) is 3. The van der Waals surface area contributed by atoms with Crippen LogP contribution in [0.25, 0.3) is 16.8 Å². The molecule has 0 radical (unpaired) electrons. The SMILES string of the molecule is Cc1cc(-c2ccc(-n3ccn(C)c3=O)c(Cl)c2)c(O)c(Br)n1. The molecule has 3 aromatic rings. The van der Waals surface area contributed by atoms with E-state index in [2.05, 4.69) is 20.9 Å². The molecule has 1 aromatic carbocycles. The second kappa shape index (κ2) is 5.86. The van der Waals surface area contributed by atoms with Crippen LogP contribution in [0.2, 0.25) is 5.02 Å². The summed E-state index contributed by atoms with van der Waals surface area (Å²) in [5, 5.41) is 10.6. The molecular weight excluding hydrogens is 382 g/mol. The lowest BCUT2D eigenvalue weighted by atomic mass is 10.0. The molecule has 118 valence electrons. The maximum atomic E-state index is 12.0. The molecular formula is C16H13BrClN3O2. The van der Waals surface area contributed by atoms with Crippen molar-refractivity contribution in [3.05, 3.63) is 62.5 Å². The van der Waals surface area contributed by atoms with E-state index in [1.54, 1.807) is 37.6 Å². The number of aromatic hydroxyl groups is 1. The number of aromatic nitrogens is 3. The van der Waals surface area contributed by atoms with Crippen molar-refractivity contribution in [1.82, 2.24) is 14.1 Å². The van der Waals surface area contributed by atoms with Gasteiger partial charge in [0, 0.05) is 30.7 Å². The molecule has 0 aliphatic heterocycles. The number of imidazole rings is 1. The third kappa shape index (κ3) is 2.80. The molecule has 1 N–H and O–H groups in total. The van der Waals surface area contributed by atoms with Crippen LogP contribution in [0.3, 0.4) is 0 Å². The molecule has 0 amide bonds. The number of nitrogens with zero attached hydrogens (tertiary/aromatic N) is 3. The van der Waals surface area contributed by atoms with Gasteiger partial charge in [-0.2, -0.15) is 0 Å². The van der Waals surface area contributed by atoms with Crippen LogP contribution in [0.15, 0.2) is 46.1 Å². The van der Waals surface area contributed by atoms with Gasteiger partial charge in [-0.15, -0.1) is 0 Å². The minimum atomic E-state index is -0.176. The van der Waals surface area contributed by atoms with Crippen LogP contribution >= 0.6 is 27.5 Å². The van der Waals surface area contributed by atoms with E-state index >= 15 is 0 Å². The summed E-state index contributed by atoms with van der Waals surface area (Å²) in [7, 11) is 1.68. The van der Waals surface area contributed by atoms with Gasteiger partial charge in [-0.3, -0.25) is 4.57 Å². The Balaban J connectivity index is 2.14. The van der Waals surface area contributed by atoms with Crippen LogP contribution in [0.5, 0.6) is 5.75 Å². The molecule has 0 spiro atoms. The van der Waals surface area contributed by atoms with Gasteiger partial charge in [0.1, 0.15) is 4.60 Å². The van der Waals surface area contributed by atoms with Gasteiger partial charge in [0.2, 0.25) is 0 Å². The number of hydrogen-bond donors (Lipinski definition) is 1. The van der Waals surface area contributed by atoms with Crippen molar-refractivity contribution in [3.63, 3.8) is 0 Å². The highest BCUT2D eigenvalue weighted by molar-refractivity contribution is 9.10. The fourth-order valence-electron chi connectivity index (χ4n) is 2.37. The van der Waals surface area contributed by atoms with Crippen molar-refractivity contribution < 1.29 is 5.11 Å². The van der Waals surface area contributed by atoms with Crippen LogP contribution in [-0.2, 0) is 7.05 Å². The molecule has 0 aliphatic rings. The minimum Gasteiger partial charge on any atom is -0.505 e. The number of benzene rings is 1. The zero-order valence-electron chi connectivity index (χ0n) is 12.4. The molecule has 0 saturated heterocycles. The van der Waals surface area contributed by atoms with Gasteiger partial charge < -0.3 is 9.67 Å². The van der Waals surface area contributed by atoms with E-state index in [1.807, 2.05) is 13.0 Å². The second-order valence-electron chi connectivity index (χ2n) is 5.18. The lowest BCUT2D eigenvalue weighted by Gasteiger charge is -2.10. The van der Waals surface area contributed by atoms with Crippen LogP contribution in [-0.4, -0.2) is 19.2 Å². The fourth-order valence-corrected chi connectivity index (χ4v) is 3.13. The van der Waals surface area contributed by atoms with Gasteiger partial charge in [-0.05, 0) is 46.6 Å². The lowest BCUT2D eigenvalue weighted by molar-refractivity contribution is 0.470. The first-order valence-corrected chi connectivity index (χ1v) is 7.96. The summed E-state index contributed by atoms with van der Waals surface area (Å²) in [4.78, 5) is 16.2. The summed E-state index contributed by atoms with van der Waals surface area (Å²) in [5.41, 5.74) is 2.55. The second-order valence-corrected chi connectivity index (χ2v) is 6.34. The lowest BCUT2D eigenvalue weighted by Crippen LogP contribution is -2.20. The molecule has 7 heteroatoms. The number of halogens is 2. The quantitative estimate of drug-likeness (QED) is 0.675. The van der Waals surface area contributed by atoms with Crippen molar-refractivity contribution in [2.45, 2.75) is 6.92 Å². The average molecular weight is 395 g/mol. The van der Waals surface area contributed by atoms with E-state index in [0.717, 1.165) is 11.3 Å². The Morgan fingerprint density at radius 2 is 2.00 bits per heavy atom. The first kappa shape index (κ1) is 15.8. The first-order chi connectivity index (χ1) is 10.9. The molecule has 0 fully saturated rings. The van der Waals surface area contributed by atoms with Gasteiger partial charge in [-0.1, -0.05) is 17.7 Å². The van der Waals surface area contributed by atoms with E-state index in [4.69, 9.17) is 11.6 Å². The third-order valence-electron chi connectivity index (χ3n) is 3.54. The molecule has 23 heavy (non-hydrogen) atoms.